The van der Waals surface area contributed by atoms with Crippen molar-refractivity contribution in [3.8, 4) is 5.75 Å². The van der Waals surface area contributed by atoms with Gasteiger partial charge in [-0.1, -0.05) is 36.4 Å². The number of carbonyl (C=O) groups is 1. The average Bonchev–Trinajstić information content (AvgIpc) is 2.74. The van der Waals surface area contributed by atoms with Crippen molar-refractivity contribution in [2.24, 2.45) is 0 Å². The second kappa shape index (κ2) is 8.91. The Morgan fingerprint density at radius 1 is 1.00 bits per heavy atom. The molecular weight excluding hydrogens is 338 g/mol. The SMILES string of the molecule is COc1cccc(N2CCN([C@H](C)C(=O)N[C@@H](C)c3ccccc3)CC2)c1. The van der Waals surface area contributed by atoms with E-state index in [1.54, 1.807) is 7.11 Å². The first kappa shape index (κ1) is 19.2. The maximum atomic E-state index is 12.7. The molecule has 1 aliphatic rings. The number of benzene rings is 2. The van der Waals surface area contributed by atoms with Gasteiger partial charge in [0.2, 0.25) is 5.91 Å². The maximum Gasteiger partial charge on any atom is 0.237 e. The van der Waals surface area contributed by atoms with Gasteiger partial charge in [0.05, 0.1) is 19.2 Å². The highest BCUT2D eigenvalue weighted by molar-refractivity contribution is 5.81. The number of hydrogen-bond acceptors (Lipinski definition) is 4. The third kappa shape index (κ3) is 4.80. The fourth-order valence-electron chi connectivity index (χ4n) is 3.50. The number of nitrogens with zero attached hydrogens (tertiary/aromatic N) is 2. The van der Waals surface area contributed by atoms with Gasteiger partial charge in [0, 0.05) is 37.9 Å². The van der Waals surface area contributed by atoms with Gasteiger partial charge in [-0.25, -0.2) is 0 Å². The monoisotopic (exact) mass is 367 g/mol. The summed E-state index contributed by atoms with van der Waals surface area (Å²) in [7, 11) is 1.69. The van der Waals surface area contributed by atoms with Gasteiger partial charge < -0.3 is 15.0 Å². The lowest BCUT2D eigenvalue weighted by atomic mass is 10.1. The largest absolute Gasteiger partial charge is 0.497 e. The quantitative estimate of drug-likeness (QED) is 0.852. The minimum Gasteiger partial charge on any atom is -0.497 e. The van der Waals surface area contributed by atoms with Crippen LogP contribution in [0.5, 0.6) is 5.75 Å². The molecule has 0 aliphatic carbocycles. The van der Waals surface area contributed by atoms with Gasteiger partial charge in [-0.05, 0) is 31.5 Å². The molecule has 1 saturated heterocycles. The fraction of sp³-hybridized carbons (Fsp3) is 0.409. The molecule has 0 unspecified atom stereocenters. The highest BCUT2D eigenvalue weighted by atomic mass is 16.5. The average molecular weight is 367 g/mol. The lowest BCUT2D eigenvalue weighted by molar-refractivity contribution is -0.126. The zero-order valence-corrected chi connectivity index (χ0v) is 16.4. The van der Waals surface area contributed by atoms with Crippen molar-refractivity contribution in [1.82, 2.24) is 10.2 Å². The molecule has 0 bridgehead atoms. The van der Waals surface area contributed by atoms with Crippen LogP contribution < -0.4 is 15.0 Å². The molecule has 2 aromatic rings. The maximum absolute atomic E-state index is 12.7. The summed E-state index contributed by atoms with van der Waals surface area (Å²) in [5.74, 6) is 0.957. The number of hydrogen-bond donors (Lipinski definition) is 1. The summed E-state index contributed by atoms with van der Waals surface area (Å²) in [5, 5.41) is 3.14. The molecule has 1 fully saturated rings. The Morgan fingerprint density at radius 3 is 2.37 bits per heavy atom. The van der Waals surface area contributed by atoms with Crippen molar-refractivity contribution < 1.29 is 9.53 Å². The fourth-order valence-corrected chi connectivity index (χ4v) is 3.50. The van der Waals surface area contributed by atoms with Gasteiger partial charge in [-0.15, -0.1) is 0 Å². The van der Waals surface area contributed by atoms with Gasteiger partial charge in [0.1, 0.15) is 5.75 Å². The predicted octanol–water partition coefficient (Wildman–Crippen LogP) is 3.08. The lowest BCUT2D eigenvalue weighted by Crippen LogP contribution is -2.54. The third-order valence-electron chi connectivity index (χ3n) is 5.32. The number of ether oxygens (including phenoxy) is 1. The number of amides is 1. The summed E-state index contributed by atoms with van der Waals surface area (Å²) < 4.78 is 5.32. The standard InChI is InChI=1S/C22H29N3O2/c1-17(19-8-5-4-6-9-19)23-22(26)18(2)24-12-14-25(15-13-24)20-10-7-11-21(16-20)27-3/h4-11,16-18H,12-15H2,1-3H3,(H,23,26)/t17-,18+/m0/s1. The van der Waals surface area contributed by atoms with Crippen molar-refractivity contribution >= 4 is 11.6 Å². The van der Waals surface area contributed by atoms with E-state index in [0.29, 0.717) is 0 Å². The Kier molecular flexibility index (Phi) is 6.35. The van der Waals surface area contributed by atoms with E-state index in [0.717, 1.165) is 37.5 Å². The molecule has 5 nitrogen and oxygen atoms in total. The van der Waals surface area contributed by atoms with Crippen LogP contribution in [0.15, 0.2) is 54.6 Å². The van der Waals surface area contributed by atoms with Crippen LogP contribution in [-0.4, -0.2) is 50.1 Å². The number of piperazine rings is 1. The summed E-state index contributed by atoms with van der Waals surface area (Å²) in [6.45, 7) is 7.56. The molecule has 144 valence electrons. The molecule has 3 rings (SSSR count). The molecule has 1 heterocycles. The first-order chi connectivity index (χ1) is 13.1. The van der Waals surface area contributed by atoms with Crippen molar-refractivity contribution in [1.29, 1.82) is 0 Å². The molecule has 2 atom stereocenters. The Hall–Kier alpha value is -2.53. The first-order valence-corrected chi connectivity index (χ1v) is 9.57. The Morgan fingerprint density at radius 2 is 1.70 bits per heavy atom. The van der Waals surface area contributed by atoms with E-state index in [1.807, 2.05) is 56.3 Å². The molecule has 0 aromatic heterocycles. The lowest BCUT2D eigenvalue weighted by Gasteiger charge is -2.38. The van der Waals surface area contributed by atoms with Crippen molar-refractivity contribution in [2.45, 2.75) is 25.9 Å². The van der Waals surface area contributed by atoms with Gasteiger partial charge >= 0.3 is 0 Å². The van der Waals surface area contributed by atoms with Crippen LogP contribution in [0.2, 0.25) is 0 Å². The van der Waals surface area contributed by atoms with Crippen LogP contribution in [0.25, 0.3) is 0 Å². The first-order valence-electron chi connectivity index (χ1n) is 9.57. The molecular formula is C22H29N3O2. The zero-order valence-electron chi connectivity index (χ0n) is 16.4. The van der Waals surface area contributed by atoms with E-state index in [4.69, 9.17) is 4.74 Å². The Labute approximate surface area is 161 Å². The van der Waals surface area contributed by atoms with E-state index in [9.17, 15) is 4.79 Å². The minimum atomic E-state index is -0.136. The van der Waals surface area contributed by atoms with Gasteiger partial charge in [-0.2, -0.15) is 0 Å². The number of rotatable bonds is 6. The van der Waals surface area contributed by atoms with E-state index in [1.165, 1.54) is 5.69 Å². The summed E-state index contributed by atoms with van der Waals surface area (Å²) >= 11 is 0. The molecule has 1 N–H and O–H groups in total. The molecule has 1 amide bonds. The number of anilines is 1. The Bertz CT molecular complexity index is 742. The minimum absolute atomic E-state index is 0.0132. The highest BCUT2D eigenvalue weighted by Gasteiger charge is 2.26. The van der Waals surface area contributed by atoms with Gasteiger partial charge in [-0.3, -0.25) is 9.69 Å². The predicted molar refractivity (Wildman–Crippen MR) is 109 cm³/mol. The van der Waals surface area contributed by atoms with Crippen LogP contribution in [-0.2, 0) is 4.79 Å². The van der Waals surface area contributed by atoms with Crippen LogP contribution in [0.3, 0.4) is 0 Å². The normalized spacial score (nSPS) is 17.2. The Balaban J connectivity index is 1.53. The van der Waals surface area contributed by atoms with E-state index in [2.05, 4.69) is 27.2 Å². The van der Waals surface area contributed by atoms with Gasteiger partial charge in [0.15, 0.2) is 0 Å². The summed E-state index contributed by atoms with van der Waals surface area (Å²) in [5.41, 5.74) is 2.30. The van der Waals surface area contributed by atoms with Crippen molar-refractivity contribution in [2.75, 3.05) is 38.2 Å². The highest BCUT2D eigenvalue weighted by Crippen LogP contribution is 2.22. The van der Waals surface area contributed by atoms with Crippen LogP contribution in [0.4, 0.5) is 5.69 Å². The molecule has 2 aromatic carbocycles. The van der Waals surface area contributed by atoms with Crippen molar-refractivity contribution in [3.63, 3.8) is 0 Å². The topological polar surface area (TPSA) is 44.8 Å². The van der Waals surface area contributed by atoms with E-state index in [-0.39, 0.29) is 18.0 Å². The van der Waals surface area contributed by atoms with E-state index >= 15 is 0 Å². The van der Waals surface area contributed by atoms with E-state index < -0.39 is 0 Å². The molecule has 0 saturated carbocycles. The second-order valence-corrected chi connectivity index (χ2v) is 7.04. The van der Waals surface area contributed by atoms with Crippen LogP contribution in [0, 0.1) is 0 Å². The molecule has 5 heteroatoms. The molecule has 0 radical (unpaired) electrons. The summed E-state index contributed by atoms with van der Waals surface area (Å²) in [6, 6.07) is 18.1. The van der Waals surface area contributed by atoms with Gasteiger partial charge in [0.25, 0.3) is 0 Å². The summed E-state index contributed by atoms with van der Waals surface area (Å²) in [6.07, 6.45) is 0. The number of carbonyl (C=O) groups excluding carboxylic acids is 1. The molecule has 0 spiro atoms. The molecule has 1 aliphatic heterocycles. The van der Waals surface area contributed by atoms with Crippen LogP contribution >= 0.6 is 0 Å². The van der Waals surface area contributed by atoms with Crippen molar-refractivity contribution in [3.05, 3.63) is 60.2 Å². The number of methoxy groups -OCH3 is 1. The zero-order chi connectivity index (χ0) is 19.2. The summed E-state index contributed by atoms with van der Waals surface area (Å²) in [4.78, 5) is 17.3. The number of nitrogens with one attached hydrogen (secondary N) is 1. The second-order valence-electron chi connectivity index (χ2n) is 7.04. The van der Waals surface area contributed by atoms with Crippen LogP contribution in [0.1, 0.15) is 25.5 Å². The third-order valence-corrected chi connectivity index (χ3v) is 5.32. The molecule has 27 heavy (non-hydrogen) atoms. The smallest absolute Gasteiger partial charge is 0.237 e.